The zero-order chi connectivity index (χ0) is 13.7. The van der Waals surface area contributed by atoms with Gasteiger partial charge >= 0.3 is 5.97 Å². The quantitative estimate of drug-likeness (QED) is 0.308. The van der Waals surface area contributed by atoms with Gasteiger partial charge in [0.25, 0.3) is 5.69 Å². The first-order valence-corrected chi connectivity index (χ1v) is 5.33. The maximum Gasteiger partial charge on any atom is 0.303 e. The molecule has 0 spiro atoms. The lowest BCUT2D eigenvalue weighted by molar-refractivity contribution is -0.385. The van der Waals surface area contributed by atoms with E-state index in [1.165, 1.54) is 0 Å². The minimum atomic E-state index is -0.918. The lowest BCUT2D eigenvalue weighted by atomic mass is 10.0. The number of carboxylic acid groups (broad SMARTS) is 1. The van der Waals surface area contributed by atoms with Gasteiger partial charge in [0.2, 0.25) is 0 Å². The van der Waals surface area contributed by atoms with Gasteiger partial charge in [-0.05, 0) is 25.3 Å². The molecule has 0 unspecified atom stereocenters. The van der Waals surface area contributed by atoms with E-state index in [1.807, 2.05) is 0 Å². The van der Waals surface area contributed by atoms with E-state index in [0.717, 1.165) is 12.1 Å². The Hall–Kier alpha value is -2.31. The SMILES string of the molecule is O=C(O)CCCCc1cc(O)c(O)cc1[N+](=O)[O-]. The highest BCUT2D eigenvalue weighted by molar-refractivity contribution is 5.66. The maximum atomic E-state index is 10.7. The molecule has 0 aliphatic heterocycles. The van der Waals surface area contributed by atoms with E-state index in [4.69, 9.17) is 5.11 Å². The van der Waals surface area contributed by atoms with Gasteiger partial charge in [-0.2, -0.15) is 0 Å². The van der Waals surface area contributed by atoms with Gasteiger partial charge in [-0.1, -0.05) is 0 Å². The number of rotatable bonds is 6. The van der Waals surface area contributed by atoms with E-state index in [0.29, 0.717) is 12.8 Å². The highest BCUT2D eigenvalue weighted by Gasteiger charge is 2.17. The molecule has 3 N–H and O–H groups in total. The van der Waals surface area contributed by atoms with Crippen LogP contribution in [-0.2, 0) is 11.2 Å². The zero-order valence-corrected chi connectivity index (χ0v) is 9.50. The van der Waals surface area contributed by atoms with Gasteiger partial charge in [0.1, 0.15) is 0 Å². The predicted octanol–water partition coefficient (Wildman–Crippen LogP) is 1.80. The molecule has 0 aliphatic carbocycles. The Balaban J connectivity index is 2.77. The van der Waals surface area contributed by atoms with Crippen LogP contribution in [0.15, 0.2) is 12.1 Å². The van der Waals surface area contributed by atoms with Crippen molar-refractivity contribution >= 4 is 11.7 Å². The van der Waals surface area contributed by atoms with Crippen molar-refractivity contribution in [2.75, 3.05) is 0 Å². The Kier molecular flexibility index (Phi) is 4.47. The molecular formula is C11H13NO6. The number of hydrogen-bond donors (Lipinski definition) is 3. The van der Waals surface area contributed by atoms with Crippen LogP contribution in [0.2, 0.25) is 0 Å². The summed E-state index contributed by atoms with van der Waals surface area (Å²) in [7, 11) is 0. The van der Waals surface area contributed by atoms with Crippen LogP contribution in [-0.4, -0.2) is 26.2 Å². The van der Waals surface area contributed by atoms with Crippen molar-refractivity contribution in [3.05, 3.63) is 27.8 Å². The van der Waals surface area contributed by atoms with Gasteiger partial charge in [-0.15, -0.1) is 0 Å². The van der Waals surface area contributed by atoms with E-state index in [2.05, 4.69) is 0 Å². The summed E-state index contributed by atoms with van der Waals surface area (Å²) in [4.78, 5) is 20.4. The molecule has 0 aliphatic rings. The molecule has 0 saturated heterocycles. The van der Waals surface area contributed by atoms with E-state index in [9.17, 15) is 25.1 Å². The second kappa shape index (κ2) is 5.85. The molecular weight excluding hydrogens is 242 g/mol. The molecule has 18 heavy (non-hydrogen) atoms. The number of phenolic OH excluding ortho intramolecular Hbond substituents is 2. The predicted molar refractivity (Wildman–Crippen MR) is 61.6 cm³/mol. The summed E-state index contributed by atoms with van der Waals surface area (Å²) in [5.74, 6) is -1.89. The lowest BCUT2D eigenvalue weighted by Gasteiger charge is -2.05. The standard InChI is InChI=1S/C11H13NO6/c13-9-5-7(3-1-2-4-11(15)16)8(12(17)18)6-10(9)14/h5-6,13-14H,1-4H2,(H,15,16). The molecule has 0 amide bonds. The summed E-state index contributed by atoms with van der Waals surface area (Å²) >= 11 is 0. The third kappa shape index (κ3) is 3.62. The molecule has 7 nitrogen and oxygen atoms in total. The molecule has 7 heteroatoms. The van der Waals surface area contributed by atoms with E-state index < -0.39 is 22.4 Å². The molecule has 1 aromatic carbocycles. The van der Waals surface area contributed by atoms with E-state index >= 15 is 0 Å². The third-order valence-electron chi connectivity index (χ3n) is 2.46. The molecule has 0 saturated carbocycles. The summed E-state index contributed by atoms with van der Waals surface area (Å²) in [6.45, 7) is 0. The summed E-state index contributed by atoms with van der Waals surface area (Å²) in [5, 5.41) is 37.7. The van der Waals surface area contributed by atoms with Crippen molar-refractivity contribution in [3.8, 4) is 11.5 Å². The van der Waals surface area contributed by atoms with Crippen LogP contribution in [0.4, 0.5) is 5.69 Å². The van der Waals surface area contributed by atoms with Gasteiger partial charge in [0, 0.05) is 12.0 Å². The first-order chi connectivity index (χ1) is 8.41. The Labute approximate surface area is 102 Å². The number of nitro benzene ring substituents is 1. The molecule has 0 fully saturated rings. The number of hydrogen-bond acceptors (Lipinski definition) is 5. The number of aromatic hydroxyl groups is 2. The molecule has 0 bridgehead atoms. The number of aliphatic carboxylic acids is 1. The summed E-state index contributed by atoms with van der Waals surface area (Å²) in [5.41, 5.74) is 0.00122. The molecule has 0 radical (unpaired) electrons. The van der Waals surface area contributed by atoms with Crippen molar-refractivity contribution < 1.29 is 25.0 Å². The highest BCUT2D eigenvalue weighted by atomic mass is 16.6. The molecule has 1 aromatic rings. The maximum absolute atomic E-state index is 10.7. The van der Waals surface area contributed by atoms with Gasteiger partial charge in [-0.25, -0.2) is 0 Å². The Bertz CT molecular complexity index is 471. The van der Waals surface area contributed by atoms with E-state index in [1.54, 1.807) is 0 Å². The Morgan fingerprint density at radius 3 is 2.39 bits per heavy atom. The average Bonchev–Trinajstić information content (AvgIpc) is 2.28. The Morgan fingerprint density at radius 2 is 1.83 bits per heavy atom. The lowest BCUT2D eigenvalue weighted by Crippen LogP contribution is -1.98. The normalized spacial score (nSPS) is 10.2. The van der Waals surface area contributed by atoms with Crippen LogP contribution >= 0.6 is 0 Å². The van der Waals surface area contributed by atoms with Crippen LogP contribution in [0.3, 0.4) is 0 Å². The smallest absolute Gasteiger partial charge is 0.303 e. The molecule has 0 heterocycles. The van der Waals surface area contributed by atoms with Crippen molar-refractivity contribution in [2.45, 2.75) is 25.7 Å². The van der Waals surface area contributed by atoms with Gasteiger partial charge in [0.05, 0.1) is 11.0 Å². The average molecular weight is 255 g/mol. The monoisotopic (exact) mass is 255 g/mol. The number of unbranched alkanes of at least 4 members (excludes halogenated alkanes) is 1. The summed E-state index contributed by atoms with van der Waals surface area (Å²) in [6.07, 6.45) is 1.13. The molecule has 0 atom stereocenters. The first kappa shape index (κ1) is 13.8. The largest absolute Gasteiger partial charge is 0.504 e. The van der Waals surface area contributed by atoms with Crippen LogP contribution in [0.25, 0.3) is 0 Å². The van der Waals surface area contributed by atoms with Crippen molar-refractivity contribution in [1.82, 2.24) is 0 Å². The van der Waals surface area contributed by atoms with Crippen molar-refractivity contribution in [1.29, 1.82) is 0 Å². The van der Waals surface area contributed by atoms with Crippen LogP contribution in [0.1, 0.15) is 24.8 Å². The fraction of sp³-hybridized carbons (Fsp3) is 0.364. The molecule has 0 aromatic heterocycles. The minimum absolute atomic E-state index is 0.00212. The van der Waals surface area contributed by atoms with Crippen LogP contribution in [0, 0.1) is 10.1 Å². The van der Waals surface area contributed by atoms with Crippen LogP contribution < -0.4 is 0 Å². The number of nitro groups is 1. The van der Waals surface area contributed by atoms with Crippen molar-refractivity contribution in [2.24, 2.45) is 0 Å². The number of phenols is 2. The number of nitrogens with zero attached hydrogens (tertiary/aromatic N) is 1. The summed E-state index contributed by atoms with van der Waals surface area (Å²) in [6, 6.07) is 2.02. The summed E-state index contributed by atoms with van der Waals surface area (Å²) < 4.78 is 0. The van der Waals surface area contributed by atoms with E-state index in [-0.39, 0.29) is 24.1 Å². The fourth-order valence-electron chi connectivity index (χ4n) is 1.57. The second-order valence-electron chi connectivity index (χ2n) is 3.83. The fourth-order valence-corrected chi connectivity index (χ4v) is 1.57. The molecule has 1 rings (SSSR count). The minimum Gasteiger partial charge on any atom is -0.504 e. The number of aryl methyl sites for hydroxylation is 1. The first-order valence-electron chi connectivity index (χ1n) is 5.33. The second-order valence-corrected chi connectivity index (χ2v) is 3.83. The topological polar surface area (TPSA) is 121 Å². The molecule has 98 valence electrons. The van der Waals surface area contributed by atoms with Crippen LogP contribution in [0.5, 0.6) is 11.5 Å². The van der Waals surface area contributed by atoms with Gasteiger partial charge in [0.15, 0.2) is 11.5 Å². The van der Waals surface area contributed by atoms with Gasteiger partial charge in [-0.3, -0.25) is 14.9 Å². The highest BCUT2D eigenvalue weighted by Crippen LogP contribution is 2.33. The number of benzene rings is 1. The van der Waals surface area contributed by atoms with Gasteiger partial charge < -0.3 is 15.3 Å². The number of carboxylic acids is 1. The Morgan fingerprint density at radius 1 is 1.22 bits per heavy atom. The van der Waals surface area contributed by atoms with Crippen molar-refractivity contribution in [3.63, 3.8) is 0 Å². The third-order valence-corrected chi connectivity index (χ3v) is 2.46. The number of carbonyl (C=O) groups is 1. The zero-order valence-electron chi connectivity index (χ0n) is 9.50.